The van der Waals surface area contributed by atoms with Gasteiger partial charge in [-0.05, 0) is 68.1 Å². The number of halogens is 4. The van der Waals surface area contributed by atoms with Crippen molar-refractivity contribution in [1.29, 1.82) is 0 Å². The van der Waals surface area contributed by atoms with E-state index in [1.807, 2.05) is 0 Å². The van der Waals surface area contributed by atoms with Crippen molar-refractivity contribution in [2.24, 2.45) is 0 Å². The van der Waals surface area contributed by atoms with Crippen LogP contribution < -0.4 is 14.8 Å². The summed E-state index contributed by atoms with van der Waals surface area (Å²) in [6, 6.07) is 8.56. The Labute approximate surface area is 252 Å². The van der Waals surface area contributed by atoms with Crippen LogP contribution in [0.1, 0.15) is 46.5 Å². The highest BCUT2D eigenvalue weighted by Crippen LogP contribution is 2.63. The molecule has 226 valence electrons. The number of rotatable bonds is 14. The molecule has 2 aromatic carbocycles. The Morgan fingerprint density at radius 3 is 2.05 bits per heavy atom. The second-order valence-corrected chi connectivity index (χ2v) is 18.4. The molecule has 0 unspecified atom stereocenters. The maximum Gasteiger partial charge on any atom is 0.258 e. The summed E-state index contributed by atoms with van der Waals surface area (Å²) in [6.45, 7) is 13.7. The molecule has 3 aliphatic rings. The highest BCUT2D eigenvalue weighted by Gasteiger charge is 2.70. The second kappa shape index (κ2) is 12.4. The molecule has 41 heavy (non-hydrogen) atoms. The van der Waals surface area contributed by atoms with Crippen molar-refractivity contribution < 1.29 is 27.5 Å². The van der Waals surface area contributed by atoms with Gasteiger partial charge < -0.3 is 19.2 Å². The third-order valence-electron chi connectivity index (χ3n) is 8.70. The SMILES string of the molecule is CC(C)(C)[Si](C)(C)OCCN(CCCOc1ccc(Cl)c(F)c1)C12CC(NC(=O)COc3ccc(Cl)c(F)c3)(C1)C2. The van der Waals surface area contributed by atoms with Crippen molar-refractivity contribution in [3.63, 3.8) is 0 Å². The number of carbonyl (C=O) groups excluding carboxylic acids is 1. The van der Waals surface area contributed by atoms with Gasteiger partial charge in [-0.3, -0.25) is 9.69 Å². The minimum Gasteiger partial charge on any atom is -0.493 e. The molecule has 3 aliphatic carbocycles. The van der Waals surface area contributed by atoms with E-state index in [1.54, 1.807) is 6.07 Å². The topological polar surface area (TPSA) is 60.0 Å². The molecule has 0 spiro atoms. The lowest BCUT2D eigenvalue weighted by Crippen LogP contribution is -2.84. The fourth-order valence-electron chi connectivity index (χ4n) is 5.48. The highest BCUT2D eigenvalue weighted by atomic mass is 35.5. The van der Waals surface area contributed by atoms with Crippen molar-refractivity contribution in [3.8, 4) is 11.5 Å². The molecule has 0 aromatic heterocycles. The third kappa shape index (κ3) is 7.54. The van der Waals surface area contributed by atoms with Crippen LogP contribution in [0.15, 0.2) is 36.4 Å². The summed E-state index contributed by atoms with van der Waals surface area (Å²) >= 11 is 11.5. The molecule has 3 fully saturated rings. The van der Waals surface area contributed by atoms with Gasteiger partial charge in [-0.15, -0.1) is 0 Å². The lowest BCUT2D eigenvalue weighted by molar-refractivity contribution is -0.186. The average Bonchev–Trinajstić information content (AvgIpc) is 2.84. The van der Waals surface area contributed by atoms with E-state index in [0.29, 0.717) is 19.0 Å². The summed E-state index contributed by atoms with van der Waals surface area (Å²) in [5.74, 6) is -0.608. The molecule has 0 aliphatic heterocycles. The first-order chi connectivity index (χ1) is 19.1. The predicted molar refractivity (Wildman–Crippen MR) is 161 cm³/mol. The zero-order valence-corrected chi connectivity index (χ0v) is 26.9. The molecule has 2 aromatic rings. The van der Waals surface area contributed by atoms with Crippen LogP contribution in [0.25, 0.3) is 0 Å². The Bertz CT molecular complexity index is 1240. The second-order valence-electron chi connectivity index (χ2n) is 12.8. The van der Waals surface area contributed by atoms with E-state index in [4.69, 9.17) is 37.1 Å². The number of hydrogen-bond donors (Lipinski definition) is 1. The molecule has 6 nitrogen and oxygen atoms in total. The van der Waals surface area contributed by atoms with Gasteiger partial charge in [0.05, 0.1) is 16.7 Å². The van der Waals surface area contributed by atoms with Gasteiger partial charge >= 0.3 is 0 Å². The van der Waals surface area contributed by atoms with Gasteiger partial charge in [0.2, 0.25) is 0 Å². The predicted octanol–water partition coefficient (Wildman–Crippen LogP) is 7.23. The molecule has 3 saturated carbocycles. The number of nitrogens with one attached hydrogen (secondary N) is 1. The first-order valence-electron chi connectivity index (χ1n) is 14.0. The third-order valence-corrected chi connectivity index (χ3v) is 13.9. The molecule has 11 heteroatoms. The lowest BCUT2D eigenvalue weighted by atomic mass is 9.43. The van der Waals surface area contributed by atoms with Gasteiger partial charge in [0, 0.05) is 42.9 Å². The van der Waals surface area contributed by atoms with Gasteiger partial charge in [0.25, 0.3) is 5.91 Å². The number of amides is 1. The van der Waals surface area contributed by atoms with Crippen LogP contribution in [0, 0.1) is 11.6 Å². The van der Waals surface area contributed by atoms with E-state index in [0.717, 1.165) is 38.8 Å². The van der Waals surface area contributed by atoms with Crippen LogP contribution in [0.2, 0.25) is 28.2 Å². The van der Waals surface area contributed by atoms with Crippen LogP contribution in [0.5, 0.6) is 11.5 Å². The average molecular weight is 630 g/mol. The first kappa shape index (κ1) is 32.0. The molecule has 0 radical (unpaired) electrons. The summed E-state index contributed by atoms with van der Waals surface area (Å²) in [5, 5.41) is 3.33. The zero-order valence-electron chi connectivity index (χ0n) is 24.4. The quantitative estimate of drug-likeness (QED) is 0.177. The Kier molecular flexibility index (Phi) is 9.65. The monoisotopic (exact) mass is 628 g/mol. The Morgan fingerprint density at radius 2 is 1.51 bits per heavy atom. The van der Waals surface area contributed by atoms with Crippen molar-refractivity contribution in [2.75, 3.05) is 32.9 Å². The molecule has 0 atom stereocenters. The molecule has 0 saturated heterocycles. The number of nitrogens with zero attached hydrogens (tertiary/aromatic N) is 1. The van der Waals surface area contributed by atoms with Crippen LogP contribution in [-0.2, 0) is 9.22 Å². The summed E-state index contributed by atoms with van der Waals surface area (Å²) in [4.78, 5) is 15.1. The van der Waals surface area contributed by atoms with Gasteiger partial charge in [-0.2, -0.15) is 0 Å². The zero-order chi connectivity index (χ0) is 30.1. The normalized spacial score (nSPS) is 21.7. The van der Waals surface area contributed by atoms with Gasteiger partial charge in [-0.25, -0.2) is 8.78 Å². The van der Waals surface area contributed by atoms with Gasteiger partial charge in [-0.1, -0.05) is 44.0 Å². The minimum atomic E-state index is -1.88. The Balaban J connectivity index is 1.29. The molecule has 2 bridgehead atoms. The first-order valence-corrected chi connectivity index (χ1v) is 17.7. The molecular formula is C30H40Cl2F2N2O4Si. The summed E-state index contributed by atoms with van der Waals surface area (Å²) in [6.07, 6.45) is 3.32. The fourth-order valence-corrected chi connectivity index (χ4v) is 6.75. The van der Waals surface area contributed by atoms with Gasteiger partial charge in [0.1, 0.15) is 23.1 Å². The molecule has 5 rings (SSSR count). The smallest absolute Gasteiger partial charge is 0.258 e. The standard InChI is InChI=1S/C30H40Cl2F2N2O4Si/c1-28(2,3)41(4,5)40-14-12-36(11-6-13-38-21-7-9-23(31)25(33)15-21)30-18-29(19-30,20-30)35-27(37)17-39-22-8-10-24(32)26(34)16-22/h7-10,15-16H,6,11-14,17-20H2,1-5H3,(H,35,37). The van der Waals surface area contributed by atoms with E-state index in [2.05, 4.69) is 44.1 Å². The minimum absolute atomic E-state index is 0.00525. The van der Waals surface area contributed by atoms with E-state index in [9.17, 15) is 13.6 Å². The summed E-state index contributed by atoms with van der Waals surface area (Å²) in [5.41, 5.74) is -0.224. The van der Waals surface area contributed by atoms with Crippen molar-refractivity contribution in [3.05, 3.63) is 58.1 Å². The van der Waals surface area contributed by atoms with Crippen LogP contribution in [0.4, 0.5) is 8.78 Å². The Hall–Kier alpha value is -1.91. The molecular weight excluding hydrogens is 589 g/mol. The van der Waals surface area contributed by atoms with Crippen molar-refractivity contribution >= 4 is 37.4 Å². The van der Waals surface area contributed by atoms with Crippen molar-refractivity contribution in [1.82, 2.24) is 10.2 Å². The van der Waals surface area contributed by atoms with E-state index < -0.39 is 20.0 Å². The number of benzene rings is 2. The van der Waals surface area contributed by atoms with E-state index in [1.165, 1.54) is 30.3 Å². The number of hydrogen-bond acceptors (Lipinski definition) is 5. The molecule has 0 heterocycles. The Morgan fingerprint density at radius 1 is 0.951 bits per heavy atom. The number of ether oxygens (including phenoxy) is 2. The van der Waals surface area contributed by atoms with E-state index >= 15 is 0 Å². The van der Waals surface area contributed by atoms with E-state index in [-0.39, 0.29) is 44.4 Å². The largest absolute Gasteiger partial charge is 0.493 e. The van der Waals surface area contributed by atoms with Crippen molar-refractivity contribution in [2.45, 2.75) is 75.7 Å². The van der Waals surface area contributed by atoms with Crippen LogP contribution >= 0.6 is 23.2 Å². The lowest BCUT2D eigenvalue weighted by Gasteiger charge is -2.74. The fraction of sp³-hybridized carbons (Fsp3) is 0.567. The summed E-state index contributed by atoms with van der Waals surface area (Å²) < 4.78 is 45.1. The number of carbonyl (C=O) groups is 1. The molecule has 1 amide bonds. The summed E-state index contributed by atoms with van der Waals surface area (Å²) in [7, 11) is -1.88. The van der Waals surface area contributed by atoms with Crippen LogP contribution in [-0.4, -0.2) is 63.1 Å². The van der Waals surface area contributed by atoms with Crippen LogP contribution in [0.3, 0.4) is 0 Å². The molecule has 1 N–H and O–H groups in total. The maximum absolute atomic E-state index is 13.8. The van der Waals surface area contributed by atoms with Gasteiger partial charge in [0.15, 0.2) is 14.9 Å². The maximum atomic E-state index is 13.8. The highest BCUT2D eigenvalue weighted by molar-refractivity contribution is 6.74.